The van der Waals surface area contributed by atoms with Gasteiger partial charge in [0.1, 0.15) is 29.1 Å². The minimum absolute atomic E-state index is 0.00419. The molecule has 32 heteroatoms. The molecule has 144 heavy (non-hydrogen) atoms. The zero-order valence-electron chi connectivity index (χ0n) is 85.2. The Hall–Kier alpha value is -8.36. The topological polar surface area (TPSA) is 191 Å². The first kappa shape index (κ1) is 108. The van der Waals surface area contributed by atoms with Crippen LogP contribution in [0.5, 0.6) is 0 Å². The molecule has 0 N–H and O–H groups in total. The number of hydrogen-bond donors (Lipinski definition) is 0. The van der Waals surface area contributed by atoms with Crippen LogP contribution in [0.25, 0.3) is 60.0 Å². The van der Waals surface area contributed by atoms with E-state index in [9.17, 15) is 13.2 Å². The van der Waals surface area contributed by atoms with E-state index in [1.54, 1.807) is 70.8 Å². The number of pyridine rings is 4. The van der Waals surface area contributed by atoms with Gasteiger partial charge in [-0.3, -0.25) is 19.9 Å². The summed E-state index contributed by atoms with van der Waals surface area (Å²) in [4.78, 5) is 53.4. The van der Waals surface area contributed by atoms with Crippen LogP contribution < -0.4 is 0 Å². The Labute approximate surface area is 888 Å². The first-order valence-electron chi connectivity index (χ1n) is 49.8. The van der Waals surface area contributed by atoms with Crippen LogP contribution in [0, 0.1) is 43.1 Å². The van der Waals surface area contributed by atoms with Crippen LogP contribution in [0.3, 0.4) is 0 Å². The molecule has 5 aromatic carbocycles. The molecule has 15 aromatic rings. The standard InChI is InChI=1S/C23H26F3N3OS.C23H29N3OS.C22H26BrN3OS.C22H25Cl2N3OS.C22H25N3OS2/c1-22(2,3)21-28-18-12-16(31-20-6-9-27-13-17(20)23(24,25)26)4-5-19(18)29(21)14-15-7-10-30-11-8-15;1-16-13-19(7-10-24-16)28-18-5-6-21-20(14-18)25-22(23(2,3)4)26(21)15-17-8-11-27-12-9-17;1-22(2,3)21-25-18-12-16(28-20-6-9-24-13-17(20)23)4-5-19(18)26(21)14-15-7-10-27-11-8-15;1-22(2,3)21-26-18-10-15(29-20-16(23)11-25-12-17(20)24)4-5-19(18)27(21)13-14-6-8-28-9-7-14;1-22(2,3)21-24-17-13-16(27-20-8-7-19(23-4)28-20)5-6-18(17)25(21)14-15-9-11-26-12-10-15/h4-6,9,12-13,15H,7-8,10-11,14H2,1-3H3;5-7,10,13-14,17H,8-9,11-12,15H2,1-4H3;4-6,9,12-13,15H,7-8,10-11,14H2,1-3H3;4-5,10-12,14H,6-9,13H2,1-3H3;5-8,13,15H,9-12,14H2,1-3H3. The number of benzene rings is 5. The Balaban J connectivity index is 0.000000129. The average molecular weight is 2170 g/mol. The predicted molar refractivity (Wildman–Crippen MR) is 585 cm³/mol. The Bertz CT molecular complexity index is 6950. The van der Waals surface area contributed by atoms with Crippen LogP contribution in [-0.4, -0.2) is 134 Å². The first-order valence-corrected chi connectivity index (χ1v) is 56.3. The molecular formula is C112H131BrCl2F3N15O5S6. The second-order valence-corrected chi connectivity index (χ2v) is 51.5. The first-order chi connectivity index (χ1) is 68.7. The lowest BCUT2D eigenvalue weighted by Crippen LogP contribution is -2.25. The van der Waals surface area contributed by atoms with Crippen molar-refractivity contribution in [1.82, 2.24) is 67.7 Å². The Morgan fingerprint density at radius 1 is 0.368 bits per heavy atom. The smallest absolute Gasteiger partial charge is 0.381 e. The number of ether oxygens (including phenoxy) is 5. The molecule has 0 unspecified atom stereocenters. The molecule has 5 aliphatic heterocycles. The van der Waals surface area contributed by atoms with Crippen molar-refractivity contribution in [3.63, 3.8) is 0 Å². The summed E-state index contributed by atoms with van der Waals surface area (Å²) in [5.41, 5.74) is 11.1. The van der Waals surface area contributed by atoms with Crippen LogP contribution in [0.15, 0.2) is 224 Å². The predicted octanol–water partition coefficient (Wildman–Crippen LogP) is 31.1. The van der Waals surface area contributed by atoms with E-state index in [4.69, 9.17) is 78.4 Å². The van der Waals surface area contributed by atoms with Crippen molar-refractivity contribution in [2.75, 3.05) is 66.1 Å². The van der Waals surface area contributed by atoms with Gasteiger partial charge in [-0.2, -0.15) is 13.2 Å². The number of alkyl halides is 3. The molecular weight excluding hydrogens is 2040 g/mol. The highest BCUT2D eigenvalue weighted by Gasteiger charge is 2.37. The molecule has 0 spiro atoms. The lowest BCUT2D eigenvalue weighted by Gasteiger charge is -2.26. The Morgan fingerprint density at radius 3 is 0.986 bits per heavy atom. The van der Waals surface area contributed by atoms with Gasteiger partial charge in [-0.25, -0.2) is 29.8 Å². The SMILES string of the molecule is CC(C)(C)c1nc2cc(Sc3c(Cl)cncc3Cl)ccc2n1CC1CCOCC1.CC(C)(C)c1nc2cc(Sc3ccncc3Br)ccc2n1CC1CCOCC1.CC(C)(C)c1nc2cc(Sc3ccncc3C(F)(F)F)ccc2n1CC1CCOCC1.Cc1cc(Sc2ccc3c(c2)nc(C(C)(C)C)n3CC2CCOCC2)ccn1.[C-]#[N+]c1ccc(Sc2ccc3c(c2)nc(C(C)(C)C)n3CC2CCOCC2)s1. The molecule has 10 aromatic heterocycles. The van der Waals surface area contributed by atoms with Crippen molar-refractivity contribution in [2.45, 2.75) is 289 Å². The maximum atomic E-state index is 13.3. The lowest BCUT2D eigenvalue weighted by atomic mass is 9.94. The van der Waals surface area contributed by atoms with Gasteiger partial charge in [0, 0.05) is 219 Å². The fourth-order valence-corrected chi connectivity index (χ4v) is 25.4. The third-order valence-corrected chi connectivity index (χ3v) is 34.2. The Kier molecular flexibility index (Phi) is 35.9. The van der Waals surface area contributed by atoms with Crippen molar-refractivity contribution in [3.05, 3.63) is 237 Å². The highest BCUT2D eigenvalue weighted by molar-refractivity contribution is 9.10. The van der Waals surface area contributed by atoms with E-state index in [1.165, 1.54) is 65.6 Å². The normalized spacial score (nSPS) is 16.0. The van der Waals surface area contributed by atoms with Crippen molar-refractivity contribution in [2.24, 2.45) is 29.6 Å². The van der Waals surface area contributed by atoms with Gasteiger partial charge < -0.3 is 46.5 Å². The van der Waals surface area contributed by atoms with Gasteiger partial charge in [0.25, 0.3) is 0 Å². The second-order valence-electron chi connectivity index (χ2n) is 43.0. The minimum Gasteiger partial charge on any atom is -0.381 e. The van der Waals surface area contributed by atoms with Gasteiger partial charge in [0.15, 0.2) is 0 Å². The molecule has 762 valence electrons. The van der Waals surface area contributed by atoms with E-state index < -0.39 is 11.7 Å². The quantitative estimate of drug-likeness (QED) is 0.0654. The molecule has 0 amide bonds. The van der Waals surface area contributed by atoms with Gasteiger partial charge in [-0.05, 0) is 244 Å². The van der Waals surface area contributed by atoms with E-state index in [2.05, 4.69) is 252 Å². The van der Waals surface area contributed by atoms with E-state index in [-0.39, 0.29) is 32.0 Å². The van der Waals surface area contributed by atoms with Gasteiger partial charge >= 0.3 is 6.18 Å². The second kappa shape index (κ2) is 47.7. The summed E-state index contributed by atoms with van der Waals surface area (Å²) in [6, 6.07) is 43.6. The summed E-state index contributed by atoms with van der Waals surface area (Å²) in [5, 5.41) is 1.85. The number of halogens is 6. The van der Waals surface area contributed by atoms with Crippen LogP contribution in [-0.2, 0) is 89.7 Å². The van der Waals surface area contributed by atoms with Gasteiger partial charge in [-0.1, -0.05) is 186 Å². The number of aromatic nitrogens is 14. The molecule has 20 nitrogen and oxygen atoms in total. The summed E-state index contributed by atoms with van der Waals surface area (Å²) in [5.74, 6) is 8.77. The molecule has 15 heterocycles. The molecule has 0 saturated carbocycles. The lowest BCUT2D eigenvalue weighted by molar-refractivity contribution is -0.140. The summed E-state index contributed by atoms with van der Waals surface area (Å²) in [6.07, 6.45) is 17.6. The number of imidazole rings is 5. The number of hydrogen-bond acceptors (Lipinski definition) is 20. The van der Waals surface area contributed by atoms with Gasteiger partial charge in [0.2, 0.25) is 5.00 Å². The van der Waals surface area contributed by atoms with E-state index >= 15 is 0 Å². The number of thiophene rings is 1. The summed E-state index contributed by atoms with van der Waals surface area (Å²) in [6.45, 7) is 56.0. The van der Waals surface area contributed by atoms with Crippen LogP contribution in [0.4, 0.5) is 18.2 Å². The molecule has 5 saturated heterocycles. The van der Waals surface area contributed by atoms with Crippen LogP contribution in [0.1, 0.15) is 208 Å². The average Bonchev–Trinajstić information content (AvgIpc) is 1.64. The molecule has 0 bridgehead atoms. The Morgan fingerprint density at radius 2 is 0.674 bits per heavy atom. The maximum absolute atomic E-state index is 13.3. The highest BCUT2D eigenvalue weighted by atomic mass is 79.9. The van der Waals surface area contributed by atoms with Gasteiger partial charge in [0.05, 0.1) is 86.5 Å². The molecule has 0 atom stereocenters. The fourth-order valence-electron chi connectivity index (χ4n) is 18.8. The van der Waals surface area contributed by atoms with E-state index in [0.29, 0.717) is 39.6 Å². The molecule has 5 aliphatic rings. The van der Waals surface area contributed by atoms with E-state index in [0.717, 1.165) is 270 Å². The molecule has 20 rings (SSSR count). The monoisotopic (exact) mass is 2160 g/mol. The molecule has 5 fully saturated rings. The van der Waals surface area contributed by atoms with Crippen LogP contribution in [0.2, 0.25) is 10.0 Å². The molecule has 0 radical (unpaired) electrons. The molecule has 0 aliphatic carbocycles. The zero-order chi connectivity index (χ0) is 102. The summed E-state index contributed by atoms with van der Waals surface area (Å²) >= 11 is 25.6. The van der Waals surface area contributed by atoms with Crippen molar-refractivity contribution in [1.29, 1.82) is 0 Å². The van der Waals surface area contributed by atoms with Crippen molar-refractivity contribution >= 4 is 169 Å². The van der Waals surface area contributed by atoms with Crippen molar-refractivity contribution < 1.29 is 36.9 Å². The third-order valence-electron chi connectivity index (χ3n) is 26.2. The third kappa shape index (κ3) is 28.0. The van der Waals surface area contributed by atoms with Crippen LogP contribution >= 0.6 is 109 Å². The maximum Gasteiger partial charge on any atom is 0.418 e. The largest absolute Gasteiger partial charge is 0.418 e. The summed E-state index contributed by atoms with van der Waals surface area (Å²) in [7, 11) is 0. The van der Waals surface area contributed by atoms with Gasteiger partial charge in [-0.15, -0.1) is 11.3 Å². The van der Waals surface area contributed by atoms with Crippen molar-refractivity contribution in [3.8, 4) is 0 Å². The highest BCUT2D eigenvalue weighted by Crippen LogP contribution is 2.47. The number of aryl methyl sites for hydroxylation is 1. The zero-order valence-corrected chi connectivity index (χ0v) is 93.2. The summed E-state index contributed by atoms with van der Waals surface area (Å²) < 4.78 is 81.9. The van der Waals surface area contributed by atoms with E-state index in [1.807, 2.05) is 61.9 Å². The number of nitrogens with zero attached hydrogens (tertiary/aromatic N) is 15. The number of rotatable bonds is 20. The fraction of sp³-hybridized carbons (Fsp3) is 0.464. The number of fused-ring (bicyclic) bond motifs is 5. The minimum atomic E-state index is -4.44.